The average molecular weight is 530 g/mol. The second kappa shape index (κ2) is 9.14. The number of hydrogen-bond donors (Lipinski definition) is 0. The molecule has 1 atom stereocenters. The number of aromatic nitrogens is 4. The molecular weight excluding hydrogens is 503 g/mol. The zero-order valence-electron chi connectivity index (χ0n) is 20.8. The van der Waals surface area contributed by atoms with E-state index in [1.54, 1.807) is 29.3 Å². The Bertz CT molecular complexity index is 1630. The first-order chi connectivity index (χ1) is 17.7. The van der Waals surface area contributed by atoms with Crippen LogP contribution >= 0.6 is 11.8 Å². The van der Waals surface area contributed by atoms with E-state index in [0.29, 0.717) is 18.6 Å². The van der Waals surface area contributed by atoms with Crippen molar-refractivity contribution in [3.63, 3.8) is 0 Å². The molecule has 0 bridgehead atoms. The molecule has 2 aromatic carbocycles. The van der Waals surface area contributed by atoms with E-state index < -0.39 is 10.0 Å². The normalized spacial score (nSPS) is 20.6. The molecule has 1 saturated heterocycles. The monoisotopic (exact) mass is 530 g/mol. The largest absolute Gasteiger partial charge is 0.282 e. The summed E-state index contributed by atoms with van der Waals surface area (Å²) in [5.74, 6) is 0.982. The predicted molar refractivity (Wildman–Crippen MR) is 149 cm³/mol. The fraction of sp³-hybridized carbons (Fsp3) is 0.346. The van der Waals surface area contributed by atoms with Crippen LogP contribution in [0.4, 0.5) is 0 Å². The molecule has 2 radical (unpaired) electrons. The van der Waals surface area contributed by atoms with Crippen LogP contribution in [0, 0.1) is 6.92 Å². The van der Waals surface area contributed by atoms with Gasteiger partial charge in [0.1, 0.15) is 12.7 Å². The van der Waals surface area contributed by atoms with Gasteiger partial charge in [0.05, 0.1) is 28.6 Å². The molecule has 4 heterocycles. The number of fused-ring (bicyclic) bond motifs is 1. The average Bonchev–Trinajstić information content (AvgIpc) is 3.67. The first kappa shape index (κ1) is 24.5. The maximum atomic E-state index is 13.5. The summed E-state index contributed by atoms with van der Waals surface area (Å²) in [6, 6.07) is 12.0. The van der Waals surface area contributed by atoms with Crippen LogP contribution in [-0.4, -0.2) is 70.6 Å². The van der Waals surface area contributed by atoms with Gasteiger partial charge >= 0.3 is 0 Å². The molecule has 0 aliphatic carbocycles. The number of aliphatic imine (C=N–C) groups is 1. The van der Waals surface area contributed by atoms with Crippen molar-refractivity contribution >= 4 is 51.0 Å². The third-order valence-corrected chi connectivity index (χ3v) is 10.2. The van der Waals surface area contributed by atoms with E-state index in [1.165, 1.54) is 10.9 Å². The van der Waals surface area contributed by atoms with Gasteiger partial charge in [0.25, 0.3) is 0 Å². The van der Waals surface area contributed by atoms with Crippen molar-refractivity contribution in [2.75, 3.05) is 25.4 Å². The highest BCUT2D eigenvalue weighted by Gasteiger charge is 2.46. The van der Waals surface area contributed by atoms with Crippen LogP contribution in [0.1, 0.15) is 24.0 Å². The van der Waals surface area contributed by atoms with Crippen molar-refractivity contribution in [1.29, 1.82) is 0 Å². The molecule has 4 aromatic rings. The van der Waals surface area contributed by atoms with Crippen LogP contribution in [0.15, 0.2) is 64.9 Å². The minimum absolute atomic E-state index is 0.232. The number of rotatable bonds is 6. The summed E-state index contributed by atoms with van der Waals surface area (Å²) in [7, 11) is 3.96. The molecule has 0 spiro atoms. The SMILES string of the molecule is [B]c1ccc(-n2ncc3cc(C4(CC5=NCCS5)CCN(S(=O)(=O)c5cnn(C)c5)C4)c(C)cc32)cc1. The lowest BCUT2D eigenvalue weighted by atomic mass is 9.75. The fourth-order valence-corrected chi connectivity index (χ4v) is 8.02. The van der Waals surface area contributed by atoms with Crippen molar-refractivity contribution in [2.45, 2.75) is 30.1 Å². The Morgan fingerprint density at radius 2 is 1.95 bits per heavy atom. The molecule has 11 heteroatoms. The van der Waals surface area contributed by atoms with Crippen LogP contribution in [0.5, 0.6) is 0 Å². The molecule has 2 aliphatic rings. The van der Waals surface area contributed by atoms with Crippen molar-refractivity contribution in [1.82, 2.24) is 23.9 Å². The molecule has 2 aromatic heterocycles. The lowest BCUT2D eigenvalue weighted by molar-refractivity contribution is 0.426. The molecule has 188 valence electrons. The Morgan fingerprint density at radius 3 is 2.65 bits per heavy atom. The number of aryl methyl sites for hydroxylation is 2. The summed E-state index contributed by atoms with van der Waals surface area (Å²) in [4.78, 5) is 4.96. The summed E-state index contributed by atoms with van der Waals surface area (Å²) in [6.45, 7) is 3.79. The van der Waals surface area contributed by atoms with Gasteiger partial charge in [-0.05, 0) is 48.7 Å². The Morgan fingerprint density at radius 1 is 1.14 bits per heavy atom. The van der Waals surface area contributed by atoms with Gasteiger partial charge in [-0.15, -0.1) is 11.8 Å². The van der Waals surface area contributed by atoms with E-state index in [2.05, 4.69) is 29.3 Å². The zero-order chi connectivity index (χ0) is 25.8. The van der Waals surface area contributed by atoms with E-state index in [9.17, 15) is 8.42 Å². The molecule has 1 unspecified atom stereocenters. The quantitative estimate of drug-likeness (QED) is 0.358. The summed E-state index contributed by atoms with van der Waals surface area (Å²) in [5, 5.41) is 10.9. The van der Waals surface area contributed by atoms with Gasteiger partial charge < -0.3 is 0 Å². The number of thioether (sulfide) groups is 1. The summed E-state index contributed by atoms with van der Waals surface area (Å²) in [5.41, 5.74) is 4.57. The molecule has 37 heavy (non-hydrogen) atoms. The van der Waals surface area contributed by atoms with Crippen LogP contribution in [0.25, 0.3) is 16.6 Å². The molecule has 8 nitrogen and oxygen atoms in total. The fourth-order valence-electron chi connectivity index (χ4n) is 5.53. The van der Waals surface area contributed by atoms with E-state index in [0.717, 1.165) is 57.9 Å². The van der Waals surface area contributed by atoms with Crippen molar-refractivity contribution in [3.05, 3.63) is 66.1 Å². The Balaban J connectivity index is 1.42. The molecule has 0 N–H and O–H groups in total. The van der Waals surface area contributed by atoms with Crippen LogP contribution in [0.2, 0.25) is 0 Å². The highest BCUT2D eigenvalue weighted by Crippen LogP contribution is 2.44. The number of hydrogen-bond acceptors (Lipinski definition) is 6. The zero-order valence-corrected chi connectivity index (χ0v) is 22.5. The molecule has 2 aliphatic heterocycles. The first-order valence-corrected chi connectivity index (χ1v) is 14.7. The summed E-state index contributed by atoms with van der Waals surface area (Å²) < 4.78 is 32.1. The summed E-state index contributed by atoms with van der Waals surface area (Å²) in [6.07, 6.45) is 6.33. The van der Waals surface area contributed by atoms with Gasteiger partial charge in [-0.25, -0.2) is 13.1 Å². The van der Waals surface area contributed by atoms with Gasteiger partial charge in [-0.2, -0.15) is 14.5 Å². The highest BCUT2D eigenvalue weighted by atomic mass is 32.2. The maximum absolute atomic E-state index is 13.5. The lowest BCUT2D eigenvalue weighted by Gasteiger charge is -2.31. The van der Waals surface area contributed by atoms with Gasteiger partial charge in [-0.3, -0.25) is 9.67 Å². The molecular formula is C26H27BN6O2S2. The third kappa shape index (κ3) is 4.32. The van der Waals surface area contributed by atoms with Gasteiger partial charge in [0, 0.05) is 55.9 Å². The van der Waals surface area contributed by atoms with Crippen molar-refractivity contribution in [2.24, 2.45) is 12.0 Å². The van der Waals surface area contributed by atoms with Crippen LogP contribution in [0.3, 0.4) is 0 Å². The van der Waals surface area contributed by atoms with Gasteiger partial charge in [0.15, 0.2) is 0 Å². The molecule has 0 saturated carbocycles. The second-order valence-corrected chi connectivity index (χ2v) is 13.0. The Hall–Kier alpha value is -2.89. The standard InChI is InChI=1S/C26H27BN6O2S2/c1-18-11-24-19(14-30-33(24)21-5-3-20(27)4-6-21)12-23(18)26(13-25-28-8-10-36-25)7-9-32(17-26)37(34,35)22-15-29-31(2)16-22/h3-6,11-12,14-16H,7-10,13,17H2,1-2H3. The minimum Gasteiger partial charge on any atom is -0.282 e. The molecule has 6 rings (SSSR count). The van der Waals surface area contributed by atoms with Gasteiger partial charge in [0.2, 0.25) is 10.0 Å². The molecule has 1 fully saturated rings. The smallest absolute Gasteiger partial charge is 0.246 e. The topological polar surface area (TPSA) is 85.4 Å². The first-order valence-electron chi connectivity index (χ1n) is 12.2. The van der Waals surface area contributed by atoms with E-state index >= 15 is 0 Å². The van der Waals surface area contributed by atoms with Crippen molar-refractivity contribution in [3.8, 4) is 5.69 Å². The van der Waals surface area contributed by atoms with Crippen molar-refractivity contribution < 1.29 is 8.42 Å². The summed E-state index contributed by atoms with van der Waals surface area (Å²) >= 11 is 1.78. The van der Waals surface area contributed by atoms with Crippen LogP contribution < -0.4 is 5.46 Å². The number of benzene rings is 2. The predicted octanol–water partition coefficient (Wildman–Crippen LogP) is 2.73. The highest BCUT2D eigenvalue weighted by molar-refractivity contribution is 8.14. The van der Waals surface area contributed by atoms with Gasteiger partial charge in [-0.1, -0.05) is 17.6 Å². The number of sulfonamides is 1. The Kier molecular flexibility index (Phi) is 6.04. The Labute approximate surface area is 222 Å². The minimum atomic E-state index is -3.64. The lowest BCUT2D eigenvalue weighted by Crippen LogP contribution is -2.36. The molecule has 0 amide bonds. The van der Waals surface area contributed by atoms with E-state index in [1.807, 2.05) is 35.1 Å². The van der Waals surface area contributed by atoms with E-state index in [4.69, 9.17) is 12.8 Å². The maximum Gasteiger partial charge on any atom is 0.246 e. The number of nitrogens with zero attached hydrogens (tertiary/aromatic N) is 6. The van der Waals surface area contributed by atoms with Crippen LogP contribution in [-0.2, 0) is 22.5 Å². The van der Waals surface area contributed by atoms with E-state index in [-0.39, 0.29) is 10.3 Å². The third-order valence-electron chi connectivity index (χ3n) is 7.40. The second-order valence-electron chi connectivity index (χ2n) is 9.89.